The predicted molar refractivity (Wildman–Crippen MR) is 264 cm³/mol. The third kappa shape index (κ3) is 47.4. The van der Waals surface area contributed by atoms with Crippen molar-refractivity contribution in [3.8, 4) is 0 Å². The van der Waals surface area contributed by atoms with Gasteiger partial charge in [-0.15, -0.1) is 0 Å². The number of esters is 1. The Morgan fingerprint density at radius 3 is 1.30 bits per heavy atom. The maximum absolute atomic E-state index is 12.4. The van der Waals surface area contributed by atoms with Crippen molar-refractivity contribution in [3.63, 3.8) is 0 Å². The van der Waals surface area contributed by atoms with Crippen LogP contribution in [0.15, 0.2) is 36.5 Å². The molecule has 0 bridgehead atoms. The van der Waals surface area contributed by atoms with Crippen LogP contribution in [0.5, 0.6) is 0 Å². The van der Waals surface area contributed by atoms with Crippen LogP contribution in [0.25, 0.3) is 0 Å². The van der Waals surface area contributed by atoms with Crippen molar-refractivity contribution < 1.29 is 24.5 Å². The van der Waals surface area contributed by atoms with E-state index in [-0.39, 0.29) is 18.5 Å². The largest absolute Gasteiger partial charge is 0.466 e. The van der Waals surface area contributed by atoms with Crippen molar-refractivity contribution in [2.24, 2.45) is 0 Å². The standard InChI is InChI=1S/C55H103NO5/c1-3-5-7-9-11-13-15-17-18-19-20-21-22-24-29-33-37-41-45-49-55(60)61-50-46-42-38-34-30-26-25-28-32-36-40-44-48-54(59)56-52(51-57)53(58)47-43-39-35-31-27-23-16-14-12-10-8-6-4-2/h11,13,17-18,26,30,52-53,57-58H,3-10,12,14-16,19-25,27-29,31-51H2,1-2H3,(H,56,59)/b13-11-,18-17-,30-26-. The van der Waals surface area contributed by atoms with Gasteiger partial charge in [0.15, 0.2) is 0 Å². The van der Waals surface area contributed by atoms with Crippen molar-refractivity contribution in [2.75, 3.05) is 13.2 Å². The van der Waals surface area contributed by atoms with Gasteiger partial charge in [0.2, 0.25) is 5.91 Å². The highest BCUT2D eigenvalue weighted by molar-refractivity contribution is 5.76. The first kappa shape index (κ1) is 59.1. The maximum Gasteiger partial charge on any atom is 0.305 e. The third-order valence-electron chi connectivity index (χ3n) is 12.2. The smallest absolute Gasteiger partial charge is 0.305 e. The molecule has 0 heterocycles. The van der Waals surface area contributed by atoms with Crippen LogP contribution in [0, 0.1) is 0 Å². The number of allylic oxidation sites excluding steroid dienone is 6. The molecule has 61 heavy (non-hydrogen) atoms. The van der Waals surface area contributed by atoms with Crippen LogP contribution in [0.2, 0.25) is 0 Å². The summed E-state index contributed by atoms with van der Waals surface area (Å²) < 4.78 is 5.46. The molecule has 3 N–H and O–H groups in total. The normalized spacial score (nSPS) is 12.9. The van der Waals surface area contributed by atoms with E-state index in [0.717, 1.165) is 83.5 Å². The molecule has 0 aliphatic heterocycles. The minimum atomic E-state index is -0.680. The van der Waals surface area contributed by atoms with Gasteiger partial charge in [-0.2, -0.15) is 0 Å². The summed E-state index contributed by atoms with van der Waals surface area (Å²) in [7, 11) is 0. The van der Waals surface area contributed by atoms with Crippen LogP contribution in [0.4, 0.5) is 0 Å². The number of rotatable bonds is 49. The molecule has 0 spiro atoms. The summed E-state index contributed by atoms with van der Waals surface area (Å²) in [6.45, 7) is 4.86. The van der Waals surface area contributed by atoms with Crippen molar-refractivity contribution in [3.05, 3.63) is 36.5 Å². The van der Waals surface area contributed by atoms with E-state index in [1.165, 1.54) is 161 Å². The van der Waals surface area contributed by atoms with Gasteiger partial charge in [-0.05, 0) is 89.9 Å². The SMILES string of the molecule is CCCCC/C=C\C/C=C\CCCCCCCCCCCC(=O)OCCCCC/C=C\CCCCCCCC(=O)NC(CO)C(O)CCCCCCCCCCCCCCC. The second-order valence-corrected chi connectivity index (χ2v) is 18.2. The Hall–Kier alpha value is -1.92. The first-order valence-electron chi connectivity index (χ1n) is 26.7. The van der Waals surface area contributed by atoms with Crippen molar-refractivity contribution in [1.29, 1.82) is 0 Å². The van der Waals surface area contributed by atoms with Crippen molar-refractivity contribution in [2.45, 2.75) is 289 Å². The average Bonchev–Trinajstić information content (AvgIpc) is 3.26. The van der Waals surface area contributed by atoms with E-state index in [1.807, 2.05) is 0 Å². The molecule has 1 amide bonds. The predicted octanol–water partition coefficient (Wildman–Crippen LogP) is 16.1. The number of aliphatic hydroxyl groups excluding tert-OH is 2. The summed E-state index contributed by atoms with van der Waals surface area (Å²) in [6, 6.07) is -0.560. The molecule has 0 saturated heterocycles. The van der Waals surface area contributed by atoms with E-state index in [0.29, 0.717) is 25.9 Å². The van der Waals surface area contributed by atoms with E-state index in [4.69, 9.17) is 4.74 Å². The van der Waals surface area contributed by atoms with E-state index in [9.17, 15) is 19.8 Å². The molecule has 0 rings (SSSR count). The van der Waals surface area contributed by atoms with E-state index < -0.39 is 12.1 Å². The van der Waals surface area contributed by atoms with Gasteiger partial charge in [0.05, 0.1) is 25.4 Å². The molecule has 6 heteroatoms. The molecule has 0 radical (unpaired) electrons. The molecule has 0 fully saturated rings. The van der Waals surface area contributed by atoms with E-state index >= 15 is 0 Å². The second kappa shape index (κ2) is 50.7. The molecule has 358 valence electrons. The fourth-order valence-electron chi connectivity index (χ4n) is 8.02. The Kier molecular flexibility index (Phi) is 49.1. The van der Waals surface area contributed by atoms with Gasteiger partial charge in [-0.3, -0.25) is 9.59 Å². The number of hydrogen-bond acceptors (Lipinski definition) is 5. The zero-order valence-electron chi connectivity index (χ0n) is 40.6. The molecule has 0 saturated carbocycles. The second-order valence-electron chi connectivity index (χ2n) is 18.2. The van der Waals surface area contributed by atoms with Crippen LogP contribution in [0.3, 0.4) is 0 Å². The Morgan fingerprint density at radius 1 is 0.459 bits per heavy atom. The number of aliphatic hydroxyl groups is 2. The first-order valence-corrected chi connectivity index (χ1v) is 26.7. The number of amides is 1. The molecule has 0 aromatic heterocycles. The fraction of sp³-hybridized carbons (Fsp3) is 0.855. The summed E-state index contributed by atoms with van der Waals surface area (Å²) in [4.78, 5) is 24.5. The Bertz CT molecular complexity index is 993. The molecule has 0 aromatic carbocycles. The molecule has 0 aliphatic rings. The van der Waals surface area contributed by atoms with Gasteiger partial charge < -0.3 is 20.3 Å². The number of hydrogen-bond donors (Lipinski definition) is 3. The van der Waals surface area contributed by atoms with Gasteiger partial charge in [-0.25, -0.2) is 0 Å². The van der Waals surface area contributed by atoms with Crippen LogP contribution in [-0.2, 0) is 14.3 Å². The minimum absolute atomic E-state index is 0.0269. The molecule has 0 aromatic rings. The molecular formula is C55H103NO5. The Balaban J connectivity index is 3.49. The summed E-state index contributed by atoms with van der Waals surface area (Å²) in [5.74, 6) is -0.0886. The van der Waals surface area contributed by atoms with Crippen LogP contribution in [0.1, 0.15) is 277 Å². The summed E-state index contributed by atoms with van der Waals surface area (Å²) >= 11 is 0. The lowest BCUT2D eigenvalue weighted by Gasteiger charge is -2.22. The van der Waals surface area contributed by atoms with Gasteiger partial charge in [-0.1, -0.05) is 211 Å². The van der Waals surface area contributed by atoms with Crippen LogP contribution in [-0.4, -0.2) is 47.4 Å². The lowest BCUT2D eigenvalue weighted by molar-refractivity contribution is -0.143. The number of ether oxygens (including phenoxy) is 1. The summed E-state index contributed by atoms with van der Waals surface area (Å²) in [5, 5.41) is 23.2. The Morgan fingerprint density at radius 2 is 0.820 bits per heavy atom. The third-order valence-corrected chi connectivity index (χ3v) is 12.2. The number of unbranched alkanes of at least 4 members (excludes halogenated alkanes) is 32. The monoisotopic (exact) mass is 858 g/mol. The number of carbonyl (C=O) groups is 2. The van der Waals surface area contributed by atoms with E-state index in [1.54, 1.807) is 0 Å². The first-order chi connectivity index (χ1) is 30.0. The fourth-order valence-corrected chi connectivity index (χ4v) is 8.02. The highest BCUT2D eigenvalue weighted by Crippen LogP contribution is 2.16. The van der Waals surface area contributed by atoms with Gasteiger partial charge >= 0.3 is 5.97 Å². The molecule has 2 atom stereocenters. The topological polar surface area (TPSA) is 95.9 Å². The van der Waals surface area contributed by atoms with Crippen molar-refractivity contribution >= 4 is 11.9 Å². The maximum atomic E-state index is 12.4. The summed E-state index contributed by atoms with van der Waals surface area (Å²) in [6.07, 6.45) is 61.2. The van der Waals surface area contributed by atoms with Crippen LogP contribution < -0.4 is 5.32 Å². The minimum Gasteiger partial charge on any atom is -0.466 e. The average molecular weight is 858 g/mol. The quantitative estimate of drug-likeness (QED) is 0.0322. The zero-order valence-corrected chi connectivity index (χ0v) is 40.6. The summed E-state index contributed by atoms with van der Waals surface area (Å²) in [5.41, 5.74) is 0. The lowest BCUT2D eigenvalue weighted by Crippen LogP contribution is -2.45. The molecule has 6 nitrogen and oxygen atoms in total. The zero-order chi connectivity index (χ0) is 44.4. The van der Waals surface area contributed by atoms with Crippen molar-refractivity contribution in [1.82, 2.24) is 5.32 Å². The lowest BCUT2D eigenvalue weighted by atomic mass is 10.0. The molecule has 2 unspecified atom stereocenters. The van der Waals surface area contributed by atoms with E-state index in [2.05, 4.69) is 55.6 Å². The number of nitrogens with one attached hydrogen (secondary N) is 1. The van der Waals surface area contributed by atoms with Gasteiger partial charge in [0, 0.05) is 12.8 Å². The van der Waals surface area contributed by atoms with Gasteiger partial charge in [0.1, 0.15) is 0 Å². The van der Waals surface area contributed by atoms with Gasteiger partial charge in [0.25, 0.3) is 0 Å². The molecule has 0 aliphatic carbocycles. The molecular weight excluding hydrogens is 755 g/mol. The Labute approximate surface area is 379 Å². The highest BCUT2D eigenvalue weighted by atomic mass is 16.5. The highest BCUT2D eigenvalue weighted by Gasteiger charge is 2.20. The number of carbonyl (C=O) groups excluding carboxylic acids is 2. The van der Waals surface area contributed by atoms with Crippen LogP contribution >= 0.6 is 0 Å².